The fourth-order valence-corrected chi connectivity index (χ4v) is 2.01. The van der Waals surface area contributed by atoms with Gasteiger partial charge in [-0.1, -0.05) is 17.7 Å². The maximum atomic E-state index is 11.6. The van der Waals surface area contributed by atoms with Crippen LogP contribution in [0.3, 0.4) is 0 Å². The largest absolute Gasteiger partial charge is 0.297 e. The standard InChI is InChI=1S/C10H14O3S/c1-8(2)13-14(11,12)10-6-4-9(3)5-7-10/h4-8H,1-3H3/i4D. The highest BCUT2D eigenvalue weighted by Gasteiger charge is 2.16. The lowest BCUT2D eigenvalue weighted by Gasteiger charge is -2.08. The third-order valence-electron chi connectivity index (χ3n) is 1.55. The Hall–Kier alpha value is -0.870. The van der Waals surface area contributed by atoms with E-state index in [4.69, 9.17) is 5.55 Å². The summed E-state index contributed by atoms with van der Waals surface area (Å²) >= 11 is 0. The molecule has 0 heterocycles. The van der Waals surface area contributed by atoms with Gasteiger partial charge in [-0.3, -0.25) is 4.18 Å². The van der Waals surface area contributed by atoms with Crippen LogP contribution in [0.1, 0.15) is 20.8 Å². The van der Waals surface area contributed by atoms with Crippen LogP contribution in [0, 0.1) is 6.92 Å². The first kappa shape index (κ1) is 9.68. The predicted molar refractivity (Wildman–Crippen MR) is 54.6 cm³/mol. The molecule has 0 aromatic heterocycles. The fourth-order valence-electron chi connectivity index (χ4n) is 0.953. The van der Waals surface area contributed by atoms with Crippen molar-refractivity contribution in [2.24, 2.45) is 0 Å². The molecule has 1 aromatic carbocycles. The second kappa shape index (κ2) is 4.11. The Morgan fingerprint density at radius 3 is 2.50 bits per heavy atom. The second-order valence-corrected chi connectivity index (χ2v) is 4.88. The molecule has 0 aliphatic carbocycles. The van der Waals surface area contributed by atoms with Crippen LogP contribution in [0.25, 0.3) is 0 Å². The first-order chi connectivity index (χ1) is 6.83. The number of hydrogen-bond acceptors (Lipinski definition) is 3. The molecule has 0 radical (unpaired) electrons. The molecule has 0 amide bonds. The Bertz CT molecular complexity index is 452. The number of aryl methyl sites for hydroxylation is 1. The van der Waals surface area contributed by atoms with E-state index < -0.39 is 16.2 Å². The van der Waals surface area contributed by atoms with E-state index in [-0.39, 0.29) is 10.9 Å². The summed E-state index contributed by atoms with van der Waals surface area (Å²) in [5.41, 5.74) is 0.735. The average Bonchev–Trinajstić information content (AvgIpc) is 2.07. The van der Waals surface area contributed by atoms with Crippen molar-refractivity contribution in [2.75, 3.05) is 0 Å². The van der Waals surface area contributed by atoms with Gasteiger partial charge in [0.15, 0.2) is 0 Å². The van der Waals surface area contributed by atoms with Crippen LogP contribution in [0.2, 0.25) is 0 Å². The Morgan fingerprint density at radius 2 is 2.00 bits per heavy atom. The molecule has 0 saturated heterocycles. The molecule has 1 rings (SSSR count). The van der Waals surface area contributed by atoms with E-state index in [1.165, 1.54) is 12.1 Å². The Morgan fingerprint density at radius 1 is 1.36 bits per heavy atom. The summed E-state index contributed by atoms with van der Waals surface area (Å²) in [6.07, 6.45) is -0.398. The molecule has 3 nitrogen and oxygen atoms in total. The molecule has 0 saturated carbocycles. The van der Waals surface area contributed by atoms with Gasteiger partial charge >= 0.3 is 0 Å². The minimum Gasteiger partial charge on any atom is -0.264 e. The van der Waals surface area contributed by atoms with Gasteiger partial charge < -0.3 is 0 Å². The predicted octanol–water partition coefficient (Wildman–Crippen LogP) is 2.11. The summed E-state index contributed by atoms with van der Waals surface area (Å²) in [6.45, 7) is 5.04. The SMILES string of the molecule is [2H]c1cc(S(=O)(=O)OC(C)C)ccc1C. The zero-order valence-corrected chi connectivity index (χ0v) is 9.26. The number of benzene rings is 1. The van der Waals surface area contributed by atoms with E-state index in [9.17, 15) is 8.42 Å². The van der Waals surface area contributed by atoms with Gasteiger partial charge in [-0.2, -0.15) is 8.42 Å². The summed E-state index contributed by atoms with van der Waals surface area (Å²) in [7, 11) is -3.72. The van der Waals surface area contributed by atoms with E-state index in [1.54, 1.807) is 26.8 Å². The molecule has 14 heavy (non-hydrogen) atoms. The molecule has 0 atom stereocenters. The van der Waals surface area contributed by atoms with Crippen molar-refractivity contribution in [1.82, 2.24) is 0 Å². The van der Waals surface area contributed by atoms with Crippen LogP contribution in [-0.4, -0.2) is 14.5 Å². The monoisotopic (exact) mass is 215 g/mol. The Kier molecular flexibility index (Phi) is 2.84. The van der Waals surface area contributed by atoms with Gasteiger partial charge in [0.1, 0.15) is 0 Å². The first-order valence-corrected chi connectivity index (χ1v) is 5.74. The summed E-state index contributed by atoms with van der Waals surface area (Å²) in [5.74, 6) is 0. The summed E-state index contributed by atoms with van der Waals surface area (Å²) < 4.78 is 35.5. The molecular weight excluding hydrogens is 200 g/mol. The van der Waals surface area contributed by atoms with Gasteiger partial charge in [0.2, 0.25) is 0 Å². The molecule has 0 aliphatic heterocycles. The molecule has 4 heteroatoms. The highest BCUT2D eigenvalue weighted by Crippen LogP contribution is 2.14. The second-order valence-electron chi connectivity index (χ2n) is 3.31. The minimum atomic E-state index is -3.72. The van der Waals surface area contributed by atoms with Crippen molar-refractivity contribution < 1.29 is 14.0 Å². The van der Waals surface area contributed by atoms with Crippen LogP contribution in [0.15, 0.2) is 29.1 Å². The maximum absolute atomic E-state index is 11.6. The highest BCUT2D eigenvalue weighted by molar-refractivity contribution is 7.86. The highest BCUT2D eigenvalue weighted by atomic mass is 32.2. The lowest BCUT2D eigenvalue weighted by Crippen LogP contribution is -2.12. The van der Waals surface area contributed by atoms with Crippen molar-refractivity contribution in [3.8, 4) is 0 Å². The van der Waals surface area contributed by atoms with E-state index in [2.05, 4.69) is 0 Å². The lowest BCUT2D eigenvalue weighted by atomic mass is 10.2. The van der Waals surface area contributed by atoms with Crippen molar-refractivity contribution in [1.29, 1.82) is 0 Å². The van der Waals surface area contributed by atoms with Crippen molar-refractivity contribution >= 4 is 10.1 Å². The summed E-state index contributed by atoms with van der Waals surface area (Å²) in [5, 5.41) is 0. The lowest BCUT2D eigenvalue weighted by molar-refractivity contribution is 0.249. The van der Waals surface area contributed by atoms with E-state index in [0.717, 1.165) is 5.56 Å². The van der Waals surface area contributed by atoms with Gasteiger partial charge in [-0.15, -0.1) is 0 Å². The molecule has 0 bridgehead atoms. The van der Waals surface area contributed by atoms with Crippen molar-refractivity contribution in [3.05, 3.63) is 29.8 Å². The normalized spacial score (nSPS) is 13.0. The molecule has 0 aliphatic rings. The van der Waals surface area contributed by atoms with Crippen molar-refractivity contribution in [2.45, 2.75) is 31.8 Å². The van der Waals surface area contributed by atoms with Crippen molar-refractivity contribution in [3.63, 3.8) is 0 Å². The smallest absolute Gasteiger partial charge is 0.264 e. The zero-order chi connectivity index (χ0) is 11.6. The van der Waals surface area contributed by atoms with Gasteiger partial charge in [0.05, 0.1) is 12.4 Å². The van der Waals surface area contributed by atoms with Crippen LogP contribution in [-0.2, 0) is 14.3 Å². The number of hydrogen-bond donors (Lipinski definition) is 0. The van der Waals surface area contributed by atoms with E-state index in [0.29, 0.717) is 0 Å². The molecular formula is C10H14O3S. The third kappa shape index (κ3) is 2.82. The molecule has 78 valence electrons. The molecule has 0 spiro atoms. The van der Waals surface area contributed by atoms with Gasteiger partial charge in [-0.25, -0.2) is 0 Å². The molecule has 0 N–H and O–H groups in total. The van der Waals surface area contributed by atoms with E-state index in [1.807, 2.05) is 0 Å². The molecule has 0 unspecified atom stereocenters. The van der Waals surface area contributed by atoms with Crippen LogP contribution in [0.4, 0.5) is 0 Å². The third-order valence-corrected chi connectivity index (χ3v) is 3.02. The van der Waals surface area contributed by atoms with Crippen LogP contribution < -0.4 is 0 Å². The first-order valence-electron chi connectivity index (χ1n) is 4.83. The molecule has 0 fully saturated rings. The van der Waals surface area contributed by atoms with Gasteiger partial charge in [0, 0.05) is 0 Å². The number of rotatable bonds is 3. The summed E-state index contributed by atoms with van der Waals surface area (Å²) in [6, 6.07) is 4.54. The average molecular weight is 215 g/mol. The quantitative estimate of drug-likeness (QED) is 0.725. The van der Waals surface area contributed by atoms with Gasteiger partial charge in [0.25, 0.3) is 10.1 Å². The van der Waals surface area contributed by atoms with E-state index >= 15 is 0 Å². The van der Waals surface area contributed by atoms with Crippen LogP contribution >= 0.6 is 0 Å². The van der Waals surface area contributed by atoms with Gasteiger partial charge in [-0.05, 0) is 32.9 Å². The zero-order valence-electron chi connectivity index (χ0n) is 9.44. The fraction of sp³-hybridized carbons (Fsp3) is 0.400. The topological polar surface area (TPSA) is 43.4 Å². The molecule has 1 aromatic rings. The Labute approximate surface area is 86.2 Å². The van der Waals surface area contributed by atoms with Crippen LogP contribution in [0.5, 0.6) is 0 Å². The Balaban J connectivity index is 3.11. The summed E-state index contributed by atoms with van der Waals surface area (Å²) in [4.78, 5) is 0.0341. The maximum Gasteiger partial charge on any atom is 0.297 e. The minimum absolute atomic E-state index is 0.0341.